The number of benzene rings is 2. The molecule has 18 heavy (non-hydrogen) atoms. The van der Waals surface area contributed by atoms with Crippen molar-refractivity contribution in [1.82, 2.24) is 0 Å². The minimum atomic E-state index is -0.482. The Morgan fingerprint density at radius 1 is 1.17 bits per heavy atom. The first-order valence-electron chi connectivity index (χ1n) is 5.45. The minimum Gasteiger partial charge on any atom is -0.422 e. The molecule has 0 heterocycles. The van der Waals surface area contributed by atoms with Crippen LogP contribution in [0, 0.1) is 0 Å². The maximum atomic E-state index is 11.6. The van der Waals surface area contributed by atoms with Crippen molar-refractivity contribution in [3.8, 4) is 5.75 Å². The molecule has 0 aliphatic carbocycles. The van der Waals surface area contributed by atoms with Gasteiger partial charge in [0.05, 0.1) is 0 Å². The average Bonchev–Trinajstić information content (AvgIpc) is 2.34. The lowest BCUT2D eigenvalue weighted by atomic mass is 10.1. The van der Waals surface area contributed by atoms with Gasteiger partial charge in [0, 0.05) is 27.7 Å². The molecule has 2 rings (SSSR count). The van der Waals surface area contributed by atoms with E-state index in [-0.39, 0.29) is 0 Å². The van der Waals surface area contributed by atoms with Gasteiger partial charge in [-0.1, -0.05) is 18.7 Å². The number of nitrogens with two attached hydrogens (primary N) is 2. The molecule has 4 nitrogen and oxygen atoms in total. The maximum Gasteiger partial charge on any atom is 0.338 e. The lowest BCUT2D eigenvalue weighted by molar-refractivity contribution is -0.129. The van der Waals surface area contributed by atoms with Crippen LogP contribution in [-0.2, 0) is 4.79 Å². The Kier molecular flexibility index (Phi) is 2.93. The first kappa shape index (κ1) is 12.0. The Morgan fingerprint density at radius 2 is 1.83 bits per heavy atom. The molecular weight excluding hydrogens is 228 g/mol. The number of fused-ring (bicyclic) bond motifs is 1. The highest BCUT2D eigenvalue weighted by Crippen LogP contribution is 2.34. The number of hydrogen-bond acceptors (Lipinski definition) is 4. The number of esters is 1. The molecule has 0 atom stereocenters. The molecule has 0 unspecified atom stereocenters. The Balaban J connectivity index is 2.61. The van der Waals surface area contributed by atoms with Crippen LogP contribution in [0.15, 0.2) is 42.5 Å². The molecule has 2 aromatic rings. The third-order valence-electron chi connectivity index (χ3n) is 2.62. The summed E-state index contributed by atoms with van der Waals surface area (Å²) in [4.78, 5) is 11.6. The van der Waals surface area contributed by atoms with E-state index in [2.05, 4.69) is 6.58 Å². The monoisotopic (exact) mass is 242 g/mol. The molecule has 4 heteroatoms. The van der Waals surface area contributed by atoms with Gasteiger partial charge in [-0.15, -0.1) is 0 Å². The number of carbonyl (C=O) groups is 1. The first-order valence-corrected chi connectivity index (χ1v) is 5.45. The smallest absolute Gasteiger partial charge is 0.338 e. The number of nitrogen functional groups attached to an aromatic ring is 2. The minimum absolute atomic E-state index is 0.328. The summed E-state index contributed by atoms with van der Waals surface area (Å²) in [5, 5.41) is 1.41. The van der Waals surface area contributed by atoms with Crippen molar-refractivity contribution in [2.45, 2.75) is 6.92 Å². The molecule has 0 fully saturated rings. The van der Waals surface area contributed by atoms with Gasteiger partial charge >= 0.3 is 5.97 Å². The summed E-state index contributed by atoms with van der Waals surface area (Å²) in [6.07, 6.45) is 0. The predicted molar refractivity (Wildman–Crippen MR) is 73.2 cm³/mol. The largest absolute Gasteiger partial charge is 0.422 e. The van der Waals surface area contributed by atoms with E-state index in [9.17, 15) is 4.79 Å². The van der Waals surface area contributed by atoms with Gasteiger partial charge in [-0.25, -0.2) is 4.79 Å². The van der Waals surface area contributed by atoms with Crippen molar-refractivity contribution in [1.29, 1.82) is 0 Å². The quantitative estimate of drug-likeness (QED) is 0.367. The molecule has 0 saturated carbocycles. The molecule has 4 N–H and O–H groups in total. The first-order chi connectivity index (χ1) is 8.50. The molecule has 0 bridgehead atoms. The summed E-state index contributed by atoms with van der Waals surface area (Å²) in [6, 6.07) is 8.69. The van der Waals surface area contributed by atoms with Gasteiger partial charge in [0.15, 0.2) is 0 Å². The van der Waals surface area contributed by atoms with Crippen LogP contribution in [0.3, 0.4) is 0 Å². The molecule has 0 aromatic heterocycles. The van der Waals surface area contributed by atoms with Crippen molar-refractivity contribution in [2.24, 2.45) is 0 Å². The van der Waals surface area contributed by atoms with E-state index < -0.39 is 5.97 Å². The highest BCUT2D eigenvalue weighted by atomic mass is 16.5. The summed E-state index contributed by atoms with van der Waals surface area (Å²) in [6.45, 7) is 5.13. The van der Waals surface area contributed by atoms with Crippen molar-refractivity contribution in [3.05, 3.63) is 42.5 Å². The number of ether oxygens (including phenoxy) is 1. The molecule has 0 spiro atoms. The average molecular weight is 242 g/mol. The van der Waals surface area contributed by atoms with Crippen molar-refractivity contribution >= 4 is 28.1 Å². The number of carbonyl (C=O) groups excluding carboxylic acids is 1. The molecule has 2 aromatic carbocycles. The molecule has 0 aliphatic rings. The second-order valence-electron chi connectivity index (χ2n) is 4.09. The van der Waals surface area contributed by atoms with Gasteiger partial charge in [-0.2, -0.15) is 0 Å². The van der Waals surface area contributed by atoms with Gasteiger partial charge in [-0.3, -0.25) is 0 Å². The van der Waals surface area contributed by atoms with Gasteiger partial charge in [-0.05, 0) is 25.1 Å². The van der Waals surface area contributed by atoms with E-state index in [1.54, 1.807) is 31.2 Å². The molecule has 0 amide bonds. The fourth-order valence-electron chi connectivity index (χ4n) is 1.69. The van der Waals surface area contributed by atoms with Crippen LogP contribution >= 0.6 is 0 Å². The zero-order valence-corrected chi connectivity index (χ0v) is 10.1. The van der Waals surface area contributed by atoms with E-state index in [4.69, 9.17) is 16.2 Å². The van der Waals surface area contributed by atoms with E-state index in [1.807, 2.05) is 6.07 Å². The number of hydrogen-bond donors (Lipinski definition) is 2. The van der Waals surface area contributed by atoms with Crippen LogP contribution in [0.25, 0.3) is 10.8 Å². The second-order valence-corrected chi connectivity index (χ2v) is 4.09. The van der Waals surface area contributed by atoms with Gasteiger partial charge < -0.3 is 16.2 Å². The van der Waals surface area contributed by atoms with Gasteiger partial charge in [0.2, 0.25) is 0 Å². The van der Waals surface area contributed by atoms with Crippen LogP contribution in [0.4, 0.5) is 11.4 Å². The van der Waals surface area contributed by atoms with Crippen LogP contribution in [0.2, 0.25) is 0 Å². The molecule has 0 aliphatic heterocycles. The Morgan fingerprint density at radius 3 is 2.50 bits per heavy atom. The molecule has 0 radical (unpaired) electrons. The summed E-state index contributed by atoms with van der Waals surface area (Å²) >= 11 is 0. The normalized spacial score (nSPS) is 10.3. The van der Waals surface area contributed by atoms with E-state index in [1.165, 1.54) is 0 Å². The standard InChI is InChI=1S/C14H14N2O2/c1-8(2)14(17)18-12-5-3-4-9-10(15)6-7-11(16)13(9)12/h3-7H,1,15-16H2,2H3. The van der Waals surface area contributed by atoms with E-state index in [0.29, 0.717) is 28.1 Å². The zero-order chi connectivity index (χ0) is 13.3. The molecule has 0 saturated heterocycles. The molecular formula is C14H14N2O2. The Labute approximate surface area is 105 Å². The van der Waals surface area contributed by atoms with Crippen LogP contribution < -0.4 is 16.2 Å². The third kappa shape index (κ3) is 2.00. The summed E-state index contributed by atoms with van der Waals surface area (Å²) in [5.74, 6) is -0.0883. The van der Waals surface area contributed by atoms with Crippen LogP contribution in [-0.4, -0.2) is 5.97 Å². The van der Waals surface area contributed by atoms with Gasteiger partial charge in [0.1, 0.15) is 5.75 Å². The Hall–Kier alpha value is -2.49. The van der Waals surface area contributed by atoms with Gasteiger partial charge in [0.25, 0.3) is 0 Å². The van der Waals surface area contributed by atoms with E-state index in [0.717, 1.165) is 5.39 Å². The predicted octanol–water partition coefficient (Wildman–Crippen LogP) is 2.49. The summed E-state index contributed by atoms with van der Waals surface area (Å²) in [7, 11) is 0. The summed E-state index contributed by atoms with van der Waals surface area (Å²) in [5.41, 5.74) is 13.2. The number of anilines is 2. The van der Waals surface area contributed by atoms with Crippen LogP contribution in [0.5, 0.6) is 5.75 Å². The van der Waals surface area contributed by atoms with Crippen LogP contribution in [0.1, 0.15) is 6.92 Å². The second kappa shape index (κ2) is 4.41. The fraction of sp³-hybridized carbons (Fsp3) is 0.0714. The summed E-state index contributed by atoms with van der Waals surface area (Å²) < 4.78 is 5.25. The third-order valence-corrected chi connectivity index (χ3v) is 2.62. The lowest BCUT2D eigenvalue weighted by Gasteiger charge is -2.11. The van der Waals surface area contributed by atoms with Crippen molar-refractivity contribution < 1.29 is 9.53 Å². The Bertz CT molecular complexity index is 648. The van der Waals surface area contributed by atoms with Crippen molar-refractivity contribution in [2.75, 3.05) is 11.5 Å². The zero-order valence-electron chi connectivity index (χ0n) is 10.1. The highest BCUT2D eigenvalue weighted by Gasteiger charge is 2.12. The van der Waals surface area contributed by atoms with E-state index >= 15 is 0 Å². The number of rotatable bonds is 2. The highest BCUT2D eigenvalue weighted by molar-refractivity contribution is 6.05. The van der Waals surface area contributed by atoms with Crippen molar-refractivity contribution in [3.63, 3.8) is 0 Å². The lowest BCUT2D eigenvalue weighted by Crippen LogP contribution is -2.09. The topological polar surface area (TPSA) is 78.3 Å². The fourth-order valence-corrected chi connectivity index (χ4v) is 1.69. The molecule has 92 valence electrons. The SMILES string of the molecule is C=C(C)C(=O)Oc1cccc2c(N)ccc(N)c12. The maximum absolute atomic E-state index is 11.6.